The molecule has 0 aromatic heterocycles. The van der Waals surface area contributed by atoms with Gasteiger partial charge in [0.1, 0.15) is 5.75 Å². The van der Waals surface area contributed by atoms with Crippen LogP contribution < -0.4 is 0 Å². The number of hydrogen-bond acceptors (Lipinski definition) is 2. The van der Waals surface area contributed by atoms with Crippen molar-refractivity contribution in [1.82, 2.24) is 0 Å². The summed E-state index contributed by atoms with van der Waals surface area (Å²) in [6.45, 7) is 3.73. The predicted molar refractivity (Wildman–Crippen MR) is 45.5 cm³/mol. The highest BCUT2D eigenvalue weighted by Crippen LogP contribution is 2.21. The average Bonchev–Trinajstić information content (AvgIpc) is 1.99. The molecule has 0 unspecified atom stereocenters. The molecule has 58 valence electrons. The molecule has 0 fully saturated rings. The molecule has 1 aromatic carbocycles. The summed E-state index contributed by atoms with van der Waals surface area (Å²) in [7, 11) is 0. The van der Waals surface area contributed by atoms with E-state index in [9.17, 15) is 5.11 Å². The lowest BCUT2D eigenvalue weighted by molar-refractivity contribution is 0.471. The summed E-state index contributed by atoms with van der Waals surface area (Å²) in [5.41, 5.74) is 2.61. The number of hydrogen-bond donors (Lipinski definition) is 2. The molecule has 0 saturated carbocycles. The van der Waals surface area contributed by atoms with Gasteiger partial charge in [-0.25, -0.2) is 0 Å². The van der Waals surface area contributed by atoms with Gasteiger partial charge in [-0.2, -0.15) is 0 Å². The fraction of sp³-hybridized carbons (Fsp3) is 0.222. The summed E-state index contributed by atoms with van der Waals surface area (Å²) < 4.78 is 0. The molecule has 2 heteroatoms. The maximum atomic E-state index is 9.25. The third-order valence-corrected chi connectivity index (χ3v) is 1.85. The van der Waals surface area contributed by atoms with Gasteiger partial charge in [-0.1, -0.05) is 6.07 Å². The zero-order chi connectivity index (χ0) is 8.43. The van der Waals surface area contributed by atoms with E-state index in [4.69, 9.17) is 5.41 Å². The third kappa shape index (κ3) is 1.24. The van der Waals surface area contributed by atoms with Crippen LogP contribution in [0.3, 0.4) is 0 Å². The Bertz CT molecular complexity index is 292. The molecule has 0 aliphatic heterocycles. The third-order valence-electron chi connectivity index (χ3n) is 1.85. The molecule has 0 spiro atoms. The van der Waals surface area contributed by atoms with Crippen molar-refractivity contribution in [3.05, 3.63) is 28.8 Å². The van der Waals surface area contributed by atoms with E-state index in [0.29, 0.717) is 0 Å². The van der Waals surface area contributed by atoms with Crippen LogP contribution in [-0.2, 0) is 0 Å². The SMILES string of the molecule is Cc1ccc(O)c(C)c1C=N. The van der Waals surface area contributed by atoms with Crippen LogP contribution in [-0.4, -0.2) is 11.3 Å². The standard InChI is InChI=1S/C9H11NO/c1-6-3-4-9(11)7(2)8(6)5-10/h3-5,10-11H,1-2H3. The Morgan fingerprint density at radius 3 is 2.45 bits per heavy atom. The summed E-state index contributed by atoms with van der Waals surface area (Å²) in [5.74, 6) is 0.258. The first-order valence-electron chi connectivity index (χ1n) is 3.46. The highest BCUT2D eigenvalue weighted by atomic mass is 16.3. The minimum absolute atomic E-state index is 0.258. The van der Waals surface area contributed by atoms with E-state index in [2.05, 4.69) is 0 Å². The molecule has 11 heavy (non-hydrogen) atoms. The lowest BCUT2D eigenvalue weighted by Crippen LogP contribution is -1.90. The van der Waals surface area contributed by atoms with Gasteiger partial charge in [0, 0.05) is 11.8 Å². The monoisotopic (exact) mass is 149 g/mol. The molecule has 0 aliphatic carbocycles. The topological polar surface area (TPSA) is 44.1 Å². The summed E-state index contributed by atoms with van der Waals surface area (Å²) in [5, 5.41) is 16.3. The number of nitrogens with one attached hydrogen (secondary N) is 1. The van der Waals surface area contributed by atoms with Gasteiger partial charge in [0.15, 0.2) is 0 Å². The molecule has 1 rings (SSSR count). The van der Waals surface area contributed by atoms with Gasteiger partial charge >= 0.3 is 0 Å². The van der Waals surface area contributed by atoms with E-state index in [1.807, 2.05) is 19.9 Å². The zero-order valence-electron chi connectivity index (χ0n) is 6.68. The van der Waals surface area contributed by atoms with E-state index >= 15 is 0 Å². The van der Waals surface area contributed by atoms with E-state index < -0.39 is 0 Å². The summed E-state index contributed by atoms with van der Waals surface area (Å²) in [6, 6.07) is 3.46. The second-order valence-electron chi connectivity index (χ2n) is 2.58. The molecular formula is C9H11NO. The van der Waals surface area contributed by atoms with Crippen LogP contribution in [0.1, 0.15) is 16.7 Å². The lowest BCUT2D eigenvalue weighted by atomic mass is 10.0. The molecule has 2 N–H and O–H groups in total. The van der Waals surface area contributed by atoms with Gasteiger partial charge in [0.2, 0.25) is 0 Å². The molecule has 0 aliphatic rings. The Morgan fingerprint density at radius 1 is 1.36 bits per heavy atom. The van der Waals surface area contributed by atoms with Crippen LogP contribution in [0.4, 0.5) is 0 Å². The number of phenolic OH excluding ortho intramolecular Hbond substituents is 1. The van der Waals surface area contributed by atoms with Crippen molar-refractivity contribution in [3.63, 3.8) is 0 Å². The van der Waals surface area contributed by atoms with Crippen molar-refractivity contribution < 1.29 is 5.11 Å². The van der Waals surface area contributed by atoms with Crippen LogP contribution in [0.2, 0.25) is 0 Å². The zero-order valence-corrected chi connectivity index (χ0v) is 6.68. The minimum atomic E-state index is 0.258. The van der Waals surface area contributed by atoms with Crippen molar-refractivity contribution in [2.75, 3.05) is 0 Å². The van der Waals surface area contributed by atoms with Crippen molar-refractivity contribution in [2.45, 2.75) is 13.8 Å². The van der Waals surface area contributed by atoms with Crippen LogP contribution in [0.5, 0.6) is 5.75 Å². The summed E-state index contributed by atoms with van der Waals surface area (Å²) >= 11 is 0. The van der Waals surface area contributed by atoms with Crippen molar-refractivity contribution in [2.24, 2.45) is 0 Å². The first-order valence-corrected chi connectivity index (χ1v) is 3.46. The van der Waals surface area contributed by atoms with Crippen LogP contribution in [0.25, 0.3) is 0 Å². The second-order valence-corrected chi connectivity index (χ2v) is 2.58. The van der Waals surface area contributed by atoms with E-state index in [0.717, 1.165) is 16.7 Å². The van der Waals surface area contributed by atoms with E-state index in [-0.39, 0.29) is 5.75 Å². The highest BCUT2D eigenvalue weighted by Gasteiger charge is 2.02. The first kappa shape index (κ1) is 7.79. The first-order chi connectivity index (χ1) is 5.16. The smallest absolute Gasteiger partial charge is 0.119 e. The molecule has 0 atom stereocenters. The normalized spacial score (nSPS) is 9.64. The number of benzene rings is 1. The van der Waals surface area contributed by atoms with Crippen molar-refractivity contribution in [3.8, 4) is 5.75 Å². The Balaban J connectivity index is 3.40. The van der Waals surface area contributed by atoms with Gasteiger partial charge in [-0.05, 0) is 31.0 Å². The average molecular weight is 149 g/mol. The van der Waals surface area contributed by atoms with Gasteiger partial charge in [0.05, 0.1) is 0 Å². The molecule has 0 bridgehead atoms. The minimum Gasteiger partial charge on any atom is -0.508 e. The van der Waals surface area contributed by atoms with Crippen molar-refractivity contribution in [1.29, 1.82) is 5.41 Å². The maximum Gasteiger partial charge on any atom is 0.119 e. The second kappa shape index (κ2) is 2.74. The Kier molecular flexibility index (Phi) is 1.94. The molecular weight excluding hydrogens is 138 g/mol. The number of aromatic hydroxyl groups is 1. The van der Waals surface area contributed by atoms with Gasteiger partial charge in [-0.15, -0.1) is 0 Å². The van der Waals surface area contributed by atoms with Crippen LogP contribution in [0.15, 0.2) is 12.1 Å². The molecule has 2 nitrogen and oxygen atoms in total. The quantitative estimate of drug-likeness (QED) is 0.589. The predicted octanol–water partition coefficient (Wildman–Crippen LogP) is 2.01. The fourth-order valence-corrected chi connectivity index (χ4v) is 1.07. The molecule has 0 radical (unpaired) electrons. The largest absolute Gasteiger partial charge is 0.508 e. The van der Waals surface area contributed by atoms with Crippen LogP contribution >= 0.6 is 0 Å². The Morgan fingerprint density at radius 2 is 2.00 bits per heavy atom. The lowest BCUT2D eigenvalue weighted by Gasteiger charge is -2.04. The summed E-state index contributed by atoms with van der Waals surface area (Å²) in [4.78, 5) is 0. The van der Waals surface area contributed by atoms with Crippen molar-refractivity contribution >= 4 is 6.21 Å². The fourth-order valence-electron chi connectivity index (χ4n) is 1.07. The molecule has 0 saturated heterocycles. The Labute approximate surface area is 66.0 Å². The van der Waals surface area contributed by atoms with Crippen LogP contribution in [0, 0.1) is 19.3 Å². The van der Waals surface area contributed by atoms with Gasteiger partial charge in [0.25, 0.3) is 0 Å². The molecule has 1 aromatic rings. The van der Waals surface area contributed by atoms with E-state index in [1.54, 1.807) is 6.07 Å². The van der Waals surface area contributed by atoms with Gasteiger partial charge in [-0.3, -0.25) is 0 Å². The molecule has 0 amide bonds. The van der Waals surface area contributed by atoms with E-state index in [1.165, 1.54) is 6.21 Å². The maximum absolute atomic E-state index is 9.25. The number of rotatable bonds is 1. The van der Waals surface area contributed by atoms with Gasteiger partial charge < -0.3 is 10.5 Å². The number of phenols is 1. The number of aryl methyl sites for hydroxylation is 1. The summed E-state index contributed by atoms with van der Waals surface area (Å²) in [6.07, 6.45) is 1.27. The molecule has 0 heterocycles. The Hall–Kier alpha value is -1.31. The highest BCUT2D eigenvalue weighted by molar-refractivity contribution is 5.82.